The first-order valence-corrected chi connectivity index (χ1v) is 7.44. The van der Waals surface area contributed by atoms with Crippen LogP contribution in [0.5, 0.6) is 0 Å². The van der Waals surface area contributed by atoms with E-state index in [-0.39, 0.29) is 0 Å². The van der Waals surface area contributed by atoms with E-state index in [1.54, 1.807) is 0 Å². The Morgan fingerprint density at radius 3 is 1.75 bits per heavy atom. The van der Waals surface area contributed by atoms with Crippen molar-refractivity contribution in [1.29, 1.82) is 0 Å². The second-order valence-electron chi connectivity index (χ2n) is 1.28. The van der Waals surface area contributed by atoms with Crippen LogP contribution in [0, 0.1) is 0 Å². The summed E-state index contributed by atoms with van der Waals surface area (Å²) in [5.41, 5.74) is 0. The molecule has 0 aromatic carbocycles. The van der Waals surface area contributed by atoms with Crippen LogP contribution in [0.1, 0.15) is 13.8 Å². The molecule has 0 spiro atoms. The van der Waals surface area contributed by atoms with Crippen LogP contribution in [0.2, 0.25) is 4.87 Å². The first-order chi connectivity index (χ1) is 3.81. The van der Waals surface area contributed by atoms with Gasteiger partial charge in [0.15, 0.2) is 0 Å². The standard InChI is InChI=1S/2C2H5O.CH3.Sb/c2*1-2-3;;/h2*2H2,1H3;1H3;/q2*-1;;+2. The summed E-state index contributed by atoms with van der Waals surface area (Å²) in [6, 6.07) is 0. The molecule has 0 aliphatic heterocycles. The Morgan fingerprint density at radius 1 is 1.12 bits per heavy atom. The molecule has 0 bridgehead atoms. The van der Waals surface area contributed by atoms with Gasteiger partial charge < -0.3 is 0 Å². The summed E-state index contributed by atoms with van der Waals surface area (Å²) in [5, 5.41) is 0. The van der Waals surface area contributed by atoms with E-state index in [1.165, 1.54) is 0 Å². The van der Waals surface area contributed by atoms with Gasteiger partial charge in [-0.1, -0.05) is 0 Å². The molecule has 0 aromatic rings. The Bertz CT molecular complexity index is 43.7. The van der Waals surface area contributed by atoms with Gasteiger partial charge in [0.05, 0.1) is 0 Å². The van der Waals surface area contributed by atoms with Crippen molar-refractivity contribution in [3.05, 3.63) is 0 Å². The number of hydrogen-bond acceptors (Lipinski definition) is 2. The van der Waals surface area contributed by atoms with Crippen LogP contribution in [-0.2, 0) is 6.03 Å². The quantitative estimate of drug-likeness (QED) is 0.671. The predicted octanol–water partition coefficient (Wildman–Crippen LogP) is 1.18. The Balaban J connectivity index is 2.92. The average Bonchev–Trinajstić information content (AvgIpc) is 1.68. The Kier molecular flexibility index (Phi) is 6.41. The Morgan fingerprint density at radius 2 is 1.50 bits per heavy atom. The average molecular weight is 227 g/mol. The fourth-order valence-corrected chi connectivity index (χ4v) is 2.69. The van der Waals surface area contributed by atoms with Gasteiger partial charge in [-0.05, 0) is 0 Å². The second kappa shape index (κ2) is 5.87. The van der Waals surface area contributed by atoms with E-state index in [4.69, 9.17) is 6.03 Å². The zero-order chi connectivity index (χ0) is 6.41. The van der Waals surface area contributed by atoms with E-state index < -0.39 is 21.1 Å². The molecule has 0 fully saturated rings. The molecule has 0 aliphatic carbocycles. The van der Waals surface area contributed by atoms with E-state index in [0.717, 1.165) is 13.2 Å². The molecule has 8 heavy (non-hydrogen) atoms. The number of rotatable bonds is 4. The van der Waals surface area contributed by atoms with Crippen LogP contribution in [-0.4, -0.2) is 34.3 Å². The van der Waals surface area contributed by atoms with Crippen molar-refractivity contribution in [3.63, 3.8) is 0 Å². The predicted molar refractivity (Wildman–Crippen MR) is 34.9 cm³/mol. The van der Waals surface area contributed by atoms with Gasteiger partial charge in [-0.2, -0.15) is 0 Å². The molecule has 0 atom stereocenters. The molecular weight excluding hydrogens is 214 g/mol. The van der Waals surface area contributed by atoms with E-state index in [2.05, 4.69) is 4.87 Å². The molecule has 50 valence electrons. The molecule has 0 amide bonds. The van der Waals surface area contributed by atoms with Gasteiger partial charge in [-0.3, -0.25) is 0 Å². The molecule has 3 heteroatoms. The van der Waals surface area contributed by atoms with E-state index in [9.17, 15) is 0 Å². The van der Waals surface area contributed by atoms with Crippen LogP contribution >= 0.6 is 0 Å². The van der Waals surface area contributed by atoms with Gasteiger partial charge >= 0.3 is 59.0 Å². The van der Waals surface area contributed by atoms with Crippen molar-refractivity contribution >= 4 is 21.1 Å². The summed E-state index contributed by atoms with van der Waals surface area (Å²) >= 11 is -1.57. The fourth-order valence-electron chi connectivity index (χ4n) is 0.401. The summed E-state index contributed by atoms with van der Waals surface area (Å²) in [5.74, 6) is 0. The third kappa shape index (κ3) is 4.89. The van der Waals surface area contributed by atoms with Crippen molar-refractivity contribution in [1.82, 2.24) is 0 Å². The summed E-state index contributed by atoms with van der Waals surface area (Å²) < 4.78 is 10.5. The van der Waals surface area contributed by atoms with Gasteiger partial charge in [0.25, 0.3) is 0 Å². The normalized spacial score (nSPS) is 10.5. The molecule has 0 unspecified atom stereocenters. The van der Waals surface area contributed by atoms with Crippen molar-refractivity contribution in [2.24, 2.45) is 0 Å². The molecule has 0 heterocycles. The van der Waals surface area contributed by atoms with Gasteiger partial charge in [0.1, 0.15) is 0 Å². The van der Waals surface area contributed by atoms with Crippen LogP contribution in [0.4, 0.5) is 0 Å². The minimum absolute atomic E-state index is 0.805. The first kappa shape index (κ1) is 8.74. The third-order valence-electron chi connectivity index (χ3n) is 0.622. The minimum atomic E-state index is -1.57. The maximum atomic E-state index is 5.24. The molecule has 0 aliphatic rings. The van der Waals surface area contributed by atoms with Crippen LogP contribution < -0.4 is 0 Å². The summed E-state index contributed by atoms with van der Waals surface area (Å²) in [7, 11) is 0. The van der Waals surface area contributed by atoms with Crippen molar-refractivity contribution in [3.8, 4) is 0 Å². The third-order valence-corrected chi connectivity index (χ3v) is 4.17. The van der Waals surface area contributed by atoms with Gasteiger partial charge in [0, 0.05) is 0 Å². The molecule has 0 rings (SSSR count). The summed E-state index contributed by atoms with van der Waals surface area (Å²) in [4.78, 5) is 2.08. The topological polar surface area (TPSA) is 18.5 Å². The molecule has 0 N–H and O–H groups in total. The van der Waals surface area contributed by atoms with Gasteiger partial charge in [-0.25, -0.2) is 0 Å². The molecule has 2 nitrogen and oxygen atoms in total. The first-order valence-electron chi connectivity index (χ1n) is 2.80. The van der Waals surface area contributed by atoms with E-state index in [1.807, 2.05) is 13.8 Å². The Labute approximate surface area is 59.3 Å². The van der Waals surface area contributed by atoms with Crippen molar-refractivity contribution < 1.29 is 6.03 Å². The van der Waals surface area contributed by atoms with E-state index in [0.29, 0.717) is 0 Å². The molecule has 0 saturated heterocycles. The monoisotopic (exact) mass is 226 g/mol. The zero-order valence-electron chi connectivity index (χ0n) is 5.68. The van der Waals surface area contributed by atoms with Crippen molar-refractivity contribution in [2.75, 3.05) is 13.2 Å². The van der Waals surface area contributed by atoms with Crippen molar-refractivity contribution in [2.45, 2.75) is 18.7 Å². The molecule has 0 radical (unpaired) electrons. The SMILES string of the molecule is CC[O][Sb]([CH3])[O]CC. The van der Waals surface area contributed by atoms with E-state index >= 15 is 0 Å². The zero-order valence-corrected chi connectivity index (χ0v) is 8.23. The van der Waals surface area contributed by atoms with Crippen LogP contribution in [0.25, 0.3) is 0 Å². The van der Waals surface area contributed by atoms with Gasteiger partial charge in [-0.15, -0.1) is 0 Å². The van der Waals surface area contributed by atoms with Crippen LogP contribution in [0.15, 0.2) is 0 Å². The summed E-state index contributed by atoms with van der Waals surface area (Å²) in [6.45, 7) is 5.61. The Hall–Kier alpha value is 0.738. The maximum absolute atomic E-state index is 5.24. The molecular formula is C5H13O2Sb. The second-order valence-corrected chi connectivity index (χ2v) is 5.26. The molecule has 0 aromatic heterocycles. The summed E-state index contributed by atoms with van der Waals surface area (Å²) in [6.07, 6.45) is 0. The van der Waals surface area contributed by atoms with Crippen LogP contribution in [0.3, 0.4) is 0 Å². The fraction of sp³-hybridized carbons (Fsp3) is 1.00. The number of hydrogen-bond donors (Lipinski definition) is 0. The molecule has 0 saturated carbocycles. The van der Waals surface area contributed by atoms with Gasteiger partial charge in [0.2, 0.25) is 0 Å².